The van der Waals surface area contributed by atoms with Gasteiger partial charge < -0.3 is 5.11 Å². The predicted octanol–water partition coefficient (Wildman–Crippen LogP) is 3.38. The Hall–Kier alpha value is -0.790. The Morgan fingerprint density at radius 3 is 2.50 bits per heavy atom. The van der Waals surface area contributed by atoms with Gasteiger partial charge in [-0.15, -0.1) is 0 Å². The van der Waals surface area contributed by atoms with Crippen molar-refractivity contribution in [3.8, 4) is 0 Å². The van der Waals surface area contributed by atoms with Crippen LogP contribution < -0.4 is 0 Å². The van der Waals surface area contributed by atoms with E-state index in [1.54, 1.807) is 0 Å². The zero-order chi connectivity index (χ0) is 10.4. The Morgan fingerprint density at radius 2 is 1.93 bits per heavy atom. The molecule has 0 aromatic rings. The Kier molecular flexibility index (Phi) is 4.71. The van der Waals surface area contributed by atoms with E-state index in [-0.39, 0.29) is 5.92 Å². The number of carbonyl (C=O) groups is 1. The van der Waals surface area contributed by atoms with Gasteiger partial charge in [0.1, 0.15) is 0 Å². The minimum atomic E-state index is -0.675. The largest absolute Gasteiger partial charge is 0.481 e. The normalized spacial score (nSPS) is 19.2. The van der Waals surface area contributed by atoms with Crippen LogP contribution in [-0.4, -0.2) is 11.1 Å². The molecule has 0 unspecified atom stereocenters. The molecule has 0 saturated carbocycles. The van der Waals surface area contributed by atoms with Crippen LogP contribution in [0.3, 0.4) is 0 Å². The molecule has 0 saturated heterocycles. The van der Waals surface area contributed by atoms with E-state index in [9.17, 15) is 4.79 Å². The van der Waals surface area contributed by atoms with E-state index in [0.29, 0.717) is 0 Å². The maximum atomic E-state index is 10.5. The second-order valence-electron chi connectivity index (χ2n) is 4.08. The van der Waals surface area contributed by atoms with Crippen LogP contribution in [0.25, 0.3) is 0 Å². The van der Waals surface area contributed by atoms with Crippen molar-refractivity contribution in [2.75, 3.05) is 0 Å². The second kappa shape index (κ2) is 5.84. The lowest BCUT2D eigenvalue weighted by Crippen LogP contribution is -1.99. The third-order valence-electron chi connectivity index (χ3n) is 2.76. The first-order chi connectivity index (χ1) is 6.75. The Labute approximate surface area is 86.0 Å². The molecule has 1 rings (SSSR count). The van der Waals surface area contributed by atoms with Gasteiger partial charge in [-0.05, 0) is 12.8 Å². The van der Waals surface area contributed by atoms with E-state index < -0.39 is 5.97 Å². The van der Waals surface area contributed by atoms with E-state index in [0.717, 1.165) is 12.0 Å². The van der Waals surface area contributed by atoms with Crippen molar-refractivity contribution in [3.05, 3.63) is 11.6 Å². The molecular formula is C12H20O2. The summed E-state index contributed by atoms with van der Waals surface area (Å²) in [7, 11) is 0. The molecule has 0 aliphatic heterocycles. The number of hydrogen-bond donors (Lipinski definition) is 1. The first-order valence-corrected chi connectivity index (χ1v) is 5.69. The highest BCUT2D eigenvalue weighted by atomic mass is 16.4. The fourth-order valence-corrected chi connectivity index (χ4v) is 1.74. The van der Waals surface area contributed by atoms with Crippen molar-refractivity contribution in [1.29, 1.82) is 0 Å². The molecule has 14 heavy (non-hydrogen) atoms. The molecule has 1 aliphatic rings. The minimum Gasteiger partial charge on any atom is -0.481 e. The molecule has 0 heterocycles. The van der Waals surface area contributed by atoms with Crippen LogP contribution in [-0.2, 0) is 4.79 Å². The second-order valence-corrected chi connectivity index (χ2v) is 4.08. The number of hydrogen-bond acceptors (Lipinski definition) is 1. The molecule has 80 valence electrons. The van der Waals surface area contributed by atoms with Crippen LogP contribution in [0.15, 0.2) is 11.6 Å². The van der Waals surface area contributed by atoms with E-state index in [2.05, 4.69) is 6.92 Å². The molecule has 0 bridgehead atoms. The molecular weight excluding hydrogens is 176 g/mol. The Balaban J connectivity index is 1.86. The smallest absolute Gasteiger partial charge is 0.314 e. The van der Waals surface area contributed by atoms with E-state index in [4.69, 9.17) is 5.11 Å². The van der Waals surface area contributed by atoms with Crippen molar-refractivity contribution < 1.29 is 9.90 Å². The number of unbranched alkanes of at least 4 members (excludes halogenated alkanes) is 5. The highest BCUT2D eigenvalue weighted by Gasteiger charge is 2.30. The molecule has 1 atom stereocenters. The van der Waals surface area contributed by atoms with Crippen molar-refractivity contribution in [2.24, 2.45) is 5.92 Å². The fourth-order valence-electron chi connectivity index (χ4n) is 1.74. The summed E-state index contributed by atoms with van der Waals surface area (Å²) in [4.78, 5) is 10.5. The van der Waals surface area contributed by atoms with Gasteiger partial charge in [0.25, 0.3) is 0 Å². The summed E-state index contributed by atoms with van der Waals surface area (Å²) in [6.45, 7) is 2.21. The van der Waals surface area contributed by atoms with Gasteiger partial charge in [0.2, 0.25) is 0 Å². The van der Waals surface area contributed by atoms with Gasteiger partial charge in [-0.3, -0.25) is 4.79 Å². The zero-order valence-corrected chi connectivity index (χ0v) is 8.96. The summed E-state index contributed by atoms with van der Waals surface area (Å²) in [5, 5.41) is 8.64. The number of carboxylic acids is 1. The number of aliphatic carboxylic acids is 1. The van der Waals surface area contributed by atoms with Gasteiger partial charge in [0.15, 0.2) is 0 Å². The molecule has 0 fully saturated rings. The minimum absolute atomic E-state index is 0.203. The number of carboxylic acid groups (broad SMARTS) is 1. The van der Waals surface area contributed by atoms with Crippen molar-refractivity contribution >= 4 is 5.97 Å². The molecule has 0 amide bonds. The summed E-state index contributed by atoms with van der Waals surface area (Å²) in [5.41, 5.74) is 1.15. The third kappa shape index (κ3) is 3.95. The van der Waals surface area contributed by atoms with Crippen LogP contribution >= 0.6 is 0 Å². The van der Waals surface area contributed by atoms with Gasteiger partial charge >= 0.3 is 5.97 Å². The molecule has 1 N–H and O–H groups in total. The monoisotopic (exact) mass is 196 g/mol. The summed E-state index contributed by atoms with van der Waals surface area (Å²) in [5.74, 6) is -0.878. The summed E-state index contributed by atoms with van der Waals surface area (Å²) in [6.07, 6.45) is 10.5. The van der Waals surface area contributed by atoms with Crippen LogP contribution in [0.4, 0.5) is 0 Å². The maximum absolute atomic E-state index is 10.5. The van der Waals surface area contributed by atoms with Crippen LogP contribution in [0.1, 0.15) is 51.9 Å². The highest BCUT2D eigenvalue weighted by molar-refractivity contribution is 5.81. The molecule has 2 heteroatoms. The van der Waals surface area contributed by atoms with Gasteiger partial charge in [0, 0.05) is 0 Å². The maximum Gasteiger partial charge on any atom is 0.314 e. The summed E-state index contributed by atoms with van der Waals surface area (Å²) >= 11 is 0. The van der Waals surface area contributed by atoms with E-state index in [1.165, 1.54) is 38.5 Å². The van der Waals surface area contributed by atoms with Crippen molar-refractivity contribution in [1.82, 2.24) is 0 Å². The average molecular weight is 196 g/mol. The Morgan fingerprint density at radius 1 is 1.29 bits per heavy atom. The topological polar surface area (TPSA) is 37.3 Å². The van der Waals surface area contributed by atoms with Crippen molar-refractivity contribution in [2.45, 2.75) is 51.9 Å². The molecule has 0 aromatic heterocycles. The predicted molar refractivity (Wildman–Crippen MR) is 57.2 cm³/mol. The van der Waals surface area contributed by atoms with Gasteiger partial charge in [-0.2, -0.15) is 0 Å². The van der Waals surface area contributed by atoms with Crippen molar-refractivity contribution in [3.63, 3.8) is 0 Å². The highest BCUT2D eigenvalue weighted by Crippen LogP contribution is 2.33. The molecule has 0 spiro atoms. The SMILES string of the molecule is CCCCCCCCC1=C[C@H]1C(=O)O. The molecule has 0 radical (unpaired) electrons. The summed E-state index contributed by atoms with van der Waals surface area (Å²) < 4.78 is 0. The van der Waals surface area contributed by atoms with Crippen LogP contribution in [0, 0.1) is 5.92 Å². The molecule has 1 aliphatic carbocycles. The molecule has 2 nitrogen and oxygen atoms in total. The first-order valence-electron chi connectivity index (χ1n) is 5.69. The standard InChI is InChI=1S/C12H20O2/c1-2-3-4-5-6-7-8-10-9-11(10)12(13)14/h9,11H,2-8H2,1H3,(H,13,14)/t11-/m1/s1. The zero-order valence-electron chi connectivity index (χ0n) is 8.96. The number of rotatable bonds is 8. The lowest BCUT2D eigenvalue weighted by molar-refractivity contribution is -0.137. The lowest BCUT2D eigenvalue weighted by atomic mass is 10.1. The average Bonchev–Trinajstić information content (AvgIpc) is 2.90. The van der Waals surface area contributed by atoms with E-state index in [1.807, 2.05) is 6.08 Å². The van der Waals surface area contributed by atoms with Crippen LogP contribution in [0.2, 0.25) is 0 Å². The van der Waals surface area contributed by atoms with Gasteiger partial charge in [0.05, 0.1) is 5.92 Å². The molecule has 0 aromatic carbocycles. The van der Waals surface area contributed by atoms with Crippen LogP contribution in [0.5, 0.6) is 0 Å². The van der Waals surface area contributed by atoms with Gasteiger partial charge in [-0.25, -0.2) is 0 Å². The van der Waals surface area contributed by atoms with Gasteiger partial charge in [-0.1, -0.05) is 50.7 Å². The quantitative estimate of drug-likeness (QED) is 0.477. The van der Waals surface area contributed by atoms with E-state index >= 15 is 0 Å². The Bertz CT molecular complexity index is 218. The third-order valence-corrected chi connectivity index (χ3v) is 2.76. The first kappa shape index (κ1) is 11.3. The lowest BCUT2D eigenvalue weighted by Gasteiger charge is -1.98. The summed E-state index contributed by atoms with van der Waals surface area (Å²) in [6, 6.07) is 0. The fraction of sp³-hybridized carbons (Fsp3) is 0.750.